The van der Waals surface area contributed by atoms with Crippen LogP contribution in [0.4, 0.5) is 10.2 Å². The Morgan fingerprint density at radius 3 is 2.74 bits per heavy atom. The molecule has 1 aromatic heterocycles. The number of nitrogens with one attached hydrogen (secondary N) is 2. The van der Waals surface area contributed by atoms with Crippen LogP contribution < -0.4 is 10.6 Å². The van der Waals surface area contributed by atoms with Gasteiger partial charge in [-0.25, -0.2) is 14.4 Å². The van der Waals surface area contributed by atoms with E-state index in [0.717, 1.165) is 5.56 Å². The molecule has 0 aliphatic rings. The van der Waals surface area contributed by atoms with Crippen molar-refractivity contribution in [3.63, 3.8) is 0 Å². The van der Waals surface area contributed by atoms with Gasteiger partial charge in [-0.3, -0.25) is 4.79 Å². The van der Waals surface area contributed by atoms with Crippen LogP contribution in [0.3, 0.4) is 0 Å². The van der Waals surface area contributed by atoms with Gasteiger partial charge < -0.3 is 10.6 Å². The van der Waals surface area contributed by atoms with E-state index in [2.05, 4.69) is 26.7 Å². The van der Waals surface area contributed by atoms with Crippen LogP contribution in [0.5, 0.6) is 0 Å². The predicted octanol–water partition coefficient (Wildman–Crippen LogP) is 3.51. The average molecular weight is 364 g/mol. The van der Waals surface area contributed by atoms with Gasteiger partial charge in [0.15, 0.2) is 0 Å². The Kier molecular flexibility index (Phi) is 6.10. The first-order chi connectivity index (χ1) is 13.1. The molecule has 0 radical (unpaired) electrons. The number of carbonyl (C=O) groups is 1. The molecule has 3 aromatic rings. The van der Waals surface area contributed by atoms with Gasteiger partial charge in [-0.05, 0) is 30.5 Å². The zero-order chi connectivity index (χ0) is 19.1. The van der Waals surface area contributed by atoms with Crippen LogP contribution >= 0.6 is 0 Å². The Morgan fingerprint density at radius 2 is 1.93 bits per heavy atom. The number of amides is 1. The molecule has 0 saturated carbocycles. The molecular formula is C21H21FN4O. The van der Waals surface area contributed by atoms with Gasteiger partial charge in [-0.1, -0.05) is 48.0 Å². The number of benzene rings is 2. The van der Waals surface area contributed by atoms with Crippen LogP contribution in [0.15, 0.2) is 60.9 Å². The highest BCUT2D eigenvalue weighted by molar-refractivity contribution is 5.92. The predicted molar refractivity (Wildman–Crippen MR) is 103 cm³/mol. The minimum atomic E-state index is -0.313. The molecule has 0 spiro atoms. The molecule has 0 aliphatic heterocycles. The van der Waals surface area contributed by atoms with Gasteiger partial charge in [0.2, 0.25) is 0 Å². The zero-order valence-corrected chi connectivity index (χ0v) is 15.1. The van der Waals surface area contributed by atoms with Crippen LogP contribution in [0.1, 0.15) is 27.2 Å². The molecule has 6 heteroatoms. The van der Waals surface area contributed by atoms with Gasteiger partial charge in [0.25, 0.3) is 5.91 Å². The standard InChI is InChI=1S/C21H21FN4O/c1-15-5-4-6-16(11-15)13-24-20-12-19(25-14-26-20)21(27)23-10-9-17-7-2-3-8-18(17)22/h2-8,11-12,14H,9-10,13H2,1H3,(H,23,27)(H,24,25,26). The molecule has 0 atom stereocenters. The number of carbonyl (C=O) groups excluding carboxylic acids is 1. The van der Waals surface area contributed by atoms with E-state index in [0.29, 0.717) is 30.9 Å². The molecule has 0 aliphatic carbocycles. The van der Waals surface area contributed by atoms with E-state index in [1.54, 1.807) is 24.3 Å². The van der Waals surface area contributed by atoms with Crippen molar-refractivity contribution in [1.82, 2.24) is 15.3 Å². The molecule has 138 valence electrons. The summed E-state index contributed by atoms with van der Waals surface area (Å²) >= 11 is 0. The summed E-state index contributed by atoms with van der Waals surface area (Å²) in [7, 11) is 0. The van der Waals surface area contributed by atoms with E-state index in [1.807, 2.05) is 25.1 Å². The fraction of sp³-hybridized carbons (Fsp3) is 0.190. The Morgan fingerprint density at radius 1 is 1.07 bits per heavy atom. The third kappa shape index (κ3) is 5.34. The number of nitrogens with zero attached hydrogens (tertiary/aromatic N) is 2. The van der Waals surface area contributed by atoms with Crippen molar-refractivity contribution in [3.05, 3.63) is 89.1 Å². The third-order valence-corrected chi connectivity index (χ3v) is 4.09. The van der Waals surface area contributed by atoms with Gasteiger partial charge >= 0.3 is 0 Å². The molecule has 0 saturated heterocycles. The second-order valence-electron chi connectivity index (χ2n) is 6.23. The molecule has 27 heavy (non-hydrogen) atoms. The van der Waals surface area contributed by atoms with E-state index >= 15 is 0 Å². The summed E-state index contributed by atoms with van der Waals surface area (Å²) in [5.74, 6) is -0.00507. The highest BCUT2D eigenvalue weighted by Gasteiger charge is 2.09. The molecule has 2 aromatic carbocycles. The van der Waals surface area contributed by atoms with Crippen molar-refractivity contribution in [2.45, 2.75) is 19.9 Å². The minimum absolute atomic E-state index is 0.267. The first-order valence-electron chi connectivity index (χ1n) is 8.75. The molecule has 0 bridgehead atoms. The van der Waals surface area contributed by atoms with Crippen molar-refractivity contribution in [2.24, 2.45) is 0 Å². The maximum absolute atomic E-state index is 13.6. The van der Waals surface area contributed by atoms with Crippen LogP contribution in [-0.4, -0.2) is 22.4 Å². The van der Waals surface area contributed by atoms with E-state index < -0.39 is 0 Å². The second kappa shape index (κ2) is 8.89. The molecule has 5 nitrogen and oxygen atoms in total. The van der Waals surface area contributed by atoms with Crippen molar-refractivity contribution in [3.8, 4) is 0 Å². The van der Waals surface area contributed by atoms with Crippen molar-refractivity contribution in [1.29, 1.82) is 0 Å². The number of rotatable bonds is 7. The zero-order valence-electron chi connectivity index (χ0n) is 15.1. The van der Waals surface area contributed by atoms with Gasteiger partial charge in [-0.15, -0.1) is 0 Å². The van der Waals surface area contributed by atoms with Crippen LogP contribution in [-0.2, 0) is 13.0 Å². The lowest BCUT2D eigenvalue weighted by Crippen LogP contribution is -2.27. The monoisotopic (exact) mass is 364 g/mol. The molecule has 0 fully saturated rings. The molecular weight excluding hydrogens is 343 g/mol. The minimum Gasteiger partial charge on any atom is -0.366 e. The topological polar surface area (TPSA) is 66.9 Å². The lowest BCUT2D eigenvalue weighted by Gasteiger charge is -2.08. The fourth-order valence-electron chi connectivity index (χ4n) is 2.70. The smallest absolute Gasteiger partial charge is 0.270 e. The molecule has 3 rings (SSSR count). The molecule has 2 N–H and O–H groups in total. The average Bonchev–Trinajstić information content (AvgIpc) is 2.68. The summed E-state index contributed by atoms with van der Waals surface area (Å²) in [6.07, 6.45) is 1.77. The second-order valence-corrected chi connectivity index (χ2v) is 6.23. The van der Waals surface area contributed by atoms with Gasteiger partial charge in [0.05, 0.1) is 0 Å². The van der Waals surface area contributed by atoms with Crippen LogP contribution in [0.25, 0.3) is 0 Å². The Bertz CT molecular complexity index is 929. The summed E-state index contributed by atoms with van der Waals surface area (Å²) in [6, 6.07) is 16.3. The number of aryl methyl sites for hydroxylation is 1. The van der Waals surface area contributed by atoms with E-state index in [9.17, 15) is 9.18 Å². The van der Waals surface area contributed by atoms with Crippen molar-refractivity contribution < 1.29 is 9.18 Å². The normalized spacial score (nSPS) is 10.4. The maximum atomic E-state index is 13.6. The van der Waals surface area contributed by atoms with Crippen molar-refractivity contribution >= 4 is 11.7 Å². The van der Waals surface area contributed by atoms with Crippen LogP contribution in [0.2, 0.25) is 0 Å². The Labute approximate surface area is 157 Å². The summed E-state index contributed by atoms with van der Waals surface area (Å²) in [6.45, 7) is 2.97. The Hall–Kier alpha value is -3.28. The number of halogens is 1. The highest BCUT2D eigenvalue weighted by Crippen LogP contribution is 2.09. The van der Waals surface area contributed by atoms with E-state index in [-0.39, 0.29) is 17.4 Å². The van der Waals surface area contributed by atoms with Gasteiger partial charge in [0, 0.05) is 19.2 Å². The molecule has 0 unspecified atom stereocenters. The van der Waals surface area contributed by atoms with Crippen molar-refractivity contribution in [2.75, 3.05) is 11.9 Å². The molecule has 1 amide bonds. The van der Waals surface area contributed by atoms with E-state index in [1.165, 1.54) is 18.0 Å². The largest absolute Gasteiger partial charge is 0.366 e. The lowest BCUT2D eigenvalue weighted by atomic mass is 10.1. The van der Waals surface area contributed by atoms with Gasteiger partial charge in [-0.2, -0.15) is 0 Å². The lowest BCUT2D eigenvalue weighted by molar-refractivity contribution is 0.0949. The summed E-state index contributed by atoms with van der Waals surface area (Å²) < 4.78 is 13.6. The number of hydrogen-bond acceptors (Lipinski definition) is 4. The quantitative estimate of drug-likeness (QED) is 0.673. The van der Waals surface area contributed by atoms with E-state index in [4.69, 9.17) is 0 Å². The summed E-state index contributed by atoms with van der Waals surface area (Å²) in [5.41, 5.74) is 3.16. The SMILES string of the molecule is Cc1cccc(CNc2cc(C(=O)NCCc3ccccc3F)ncn2)c1. The first kappa shape index (κ1) is 18.5. The fourth-order valence-corrected chi connectivity index (χ4v) is 2.70. The first-order valence-corrected chi connectivity index (χ1v) is 8.75. The third-order valence-electron chi connectivity index (χ3n) is 4.09. The highest BCUT2D eigenvalue weighted by atomic mass is 19.1. The molecule has 1 heterocycles. The maximum Gasteiger partial charge on any atom is 0.270 e. The number of aromatic nitrogens is 2. The number of anilines is 1. The van der Waals surface area contributed by atoms with Crippen LogP contribution in [0, 0.1) is 12.7 Å². The summed E-state index contributed by atoms with van der Waals surface area (Å²) in [4.78, 5) is 20.4. The number of hydrogen-bond donors (Lipinski definition) is 2. The summed E-state index contributed by atoms with van der Waals surface area (Å²) in [5, 5.41) is 5.95. The van der Waals surface area contributed by atoms with Gasteiger partial charge in [0.1, 0.15) is 23.7 Å². The Balaban J connectivity index is 1.54.